The van der Waals surface area contributed by atoms with Crippen LogP contribution in [0.15, 0.2) is 59.7 Å². The SMILES string of the molecule is C[C@H](Nc1ncc2c(-c3ccc(CN4CCN(CCCOCCCc5ccc6c(c5)n(C)c(=O)n6C5CCC(=O)NC5=O)CC4)cc3)cn(C3CCC(O)CC3)c2n1)C(F)F. The molecule has 14 nitrogen and oxygen atoms in total. The summed E-state index contributed by atoms with van der Waals surface area (Å²) in [5.74, 6) is -0.550. The molecule has 0 radical (unpaired) electrons. The summed E-state index contributed by atoms with van der Waals surface area (Å²) in [6.45, 7) is 8.67. The predicted octanol–water partition coefficient (Wildman–Crippen LogP) is 5.43. The molecule has 2 saturated heterocycles. The first kappa shape index (κ1) is 42.7. The Hall–Kier alpha value is -5.03. The minimum absolute atomic E-state index is 0.163. The molecule has 0 spiro atoms. The Balaban J connectivity index is 0.773. The number of alkyl halides is 2. The first-order valence-electron chi connectivity index (χ1n) is 21.8. The number of piperazine rings is 1. The van der Waals surface area contributed by atoms with Gasteiger partial charge in [0, 0.05) is 95.3 Å². The van der Waals surface area contributed by atoms with Crippen LogP contribution in [0.3, 0.4) is 0 Å². The fourth-order valence-corrected chi connectivity index (χ4v) is 9.09. The lowest BCUT2D eigenvalue weighted by Gasteiger charge is -2.34. The Morgan fingerprint density at radius 1 is 0.918 bits per heavy atom. The lowest BCUT2D eigenvalue weighted by Crippen LogP contribution is -2.46. The molecule has 3 fully saturated rings. The van der Waals surface area contributed by atoms with E-state index in [-0.39, 0.29) is 36.1 Å². The number of hydrogen-bond acceptors (Lipinski definition) is 10. The standard InChI is InChI=1S/C45H57F2N9O5/c1-29(41(46)47)49-44-48-26-35-36(28-55(42(35)51-44)33-11-13-34(57)14-12-33)32-9-6-31(7-10-32)27-54-21-19-53(20-22-54)18-4-24-61-23-3-5-30-8-15-37-39(25-30)52(2)45(60)56(37)38-16-17-40(58)50-43(38)59/h6-10,15,25-26,28-29,33-34,38,41,57H,3-5,11-14,16-24,27H2,1-2H3,(H,48,49,51)(H,50,58,59)/t29-,33?,34?,38?/m0/s1. The van der Waals surface area contributed by atoms with E-state index in [1.165, 1.54) is 17.1 Å². The number of nitrogens with one attached hydrogen (secondary N) is 2. The van der Waals surface area contributed by atoms with Gasteiger partial charge in [0.05, 0.1) is 23.2 Å². The molecule has 2 amide bonds. The third-order valence-electron chi connectivity index (χ3n) is 12.7. The minimum atomic E-state index is -2.54. The number of ether oxygens (including phenoxy) is 1. The molecule has 3 aromatic heterocycles. The molecule has 0 bridgehead atoms. The number of aryl methyl sites for hydroxylation is 2. The van der Waals surface area contributed by atoms with Crippen molar-refractivity contribution in [1.29, 1.82) is 0 Å². The van der Waals surface area contributed by atoms with Crippen molar-refractivity contribution < 1.29 is 28.2 Å². The van der Waals surface area contributed by atoms with E-state index in [0.29, 0.717) is 30.8 Å². The van der Waals surface area contributed by atoms with Crippen molar-refractivity contribution >= 4 is 39.8 Å². The Bertz CT molecular complexity index is 2380. The second-order valence-corrected chi connectivity index (χ2v) is 17.0. The number of imidazole rings is 1. The van der Waals surface area contributed by atoms with Crippen LogP contribution in [0.4, 0.5) is 14.7 Å². The molecule has 1 unspecified atom stereocenters. The van der Waals surface area contributed by atoms with Crippen molar-refractivity contribution in [2.24, 2.45) is 7.05 Å². The molecule has 2 aliphatic heterocycles. The highest BCUT2D eigenvalue weighted by Gasteiger charge is 2.31. The number of carbonyl (C=O) groups excluding carboxylic acids is 2. The van der Waals surface area contributed by atoms with Crippen LogP contribution in [0, 0.1) is 0 Å². The van der Waals surface area contributed by atoms with Crippen molar-refractivity contribution in [3.8, 4) is 11.1 Å². The minimum Gasteiger partial charge on any atom is -0.393 e. The molecule has 8 rings (SSSR count). The van der Waals surface area contributed by atoms with Crippen molar-refractivity contribution in [3.05, 3.63) is 76.5 Å². The Morgan fingerprint density at radius 2 is 1.64 bits per heavy atom. The zero-order valence-corrected chi connectivity index (χ0v) is 35.1. The van der Waals surface area contributed by atoms with Gasteiger partial charge in [-0.15, -0.1) is 0 Å². The molecule has 16 heteroatoms. The normalized spacial score (nSPS) is 21.1. The average molecular weight is 842 g/mol. The van der Waals surface area contributed by atoms with Crippen LogP contribution in [0.25, 0.3) is 33.2 Å². The summed E-state index contributed by atoms with van der Waals surface area (Å²) in [7, 11) is 1.71. The summed E-state index contributed by atoms with van der Waals surface area (Å²) in [4.78, 5) is 51.3. The van der Waals surface area contributed by atoms with E-state index in [1.54, 1.807) is 17.8 Å². The van der Waals surface area contributed by atoms with Crippen molar-refractivity contribution in [1.82, 2.24) is 38.8 Å². The summed E-state index contributed by atoms with van der Waals surface area (Å²) in [6, 6.07) is 13.0. The number of benzene rings is 2. The summed E-state index contributed by atoms with van der Waals surface area (Å²) in [6.07, 6.45) is 7.29. The highest BCUT2D eigenvalue weighted by molar-refractivity contribution is 6.00. The number of aromatic nitrogens is 5. The number of piperidine rings is 1. The van der Waals surface area contributed by atoms with Crippen LogP contribution in [0.5, 0.6) is 0 Å². The third-order valence-corrected chi connectivity index (χ3v) is 12.7. The van der Waals surface area contributed by atoms with Crippen LogP contribution in [-0.4, -0.2) is 115 Å². The van der Waals surface area contributed by atoms with E-state index in [9.17, 15) is 28.3 Å². The van der Waals surface area contributed by atoms with Gasteiger partial charge in [-0.2, -0.15) is 4.98 Å². The van der Waals surface area contributed by atoms with Gasteiger partial charge < -0.3 is 24.6 Å². The Labute approximate surface area is 353 Å². The van der Waals surface area contributed by atoms with Gasteiger partial charge in [0.25, 0.3) is 6.43 Å². The smallest absolute Gasteiger partial charge is 0.329 e. The molecule has 5 aromatic rings. The molecular weight excluding hydrogens is 785 g/mol. The first-order chi connectivity index (χ1) is 29.5. The van der Waals surface area contributed by atoms with Crippen molar-refractivity contribution in [3.63, 3.8) is 0 Å². The first-order valence-corrected chi connectivity index (χ1v) is 21.8. The number of amides is 2. The monoisotopic (exact) mass is 841 g/mol. The second kappa shape index (κ2) is 18.9. The summed E-state index contributed by atoms with van der Waals surface area (Å²) in [5, 5.41) is 16.1. The van der Waals surface area contributed by atoms with Gasteiger partial charge in [-0.25, -0.2) is 18.6 Å². The highest BCUT2D eigenvalue weighted by atomic mass is 19.3. The van der Waals surface area contributed by atoms with Gasteiger partial charge in [-0.3, -0.25) is 28.9 Å². The zero-order chi connectivity index (χ0) is 42.6. The molecule has 326 valence electrons. The quantitative estimate of drug-likeness (QED) is 0.0868. The van der Waals surface area contributed by atoms with E-state index >= 15 is 0 Å². The van der Waals surface area contributed by atoms with Gasteiger partial charge in [-0.1, -0.05) is 30.3 Å². The number of halogens is 2. The van der Waals surface area contributed by atoms with E-state index < -0.39 is 24.4 Å². The van der Waals surface area contributed by atoms with Crippen molar-refractivity contribution in [2.75, 3.05) is 51.3 Å². The Kier molecular flexibility index (Phi) is 13.2. The zero-order valence-electron chi connectivity index (χ0n) is 35.1. The van der Waals surface area contributed by atoms with Crippen molar-refractivity contribution in [2.45, 2.75) is 102 Å². The topological polar surface area (TPSA) is 152 Å². The fraction of sp³-hybridized carbons (Fsp3) is 0.533. The molecular formula is C45H57F2N9O5. The molecule has 1 saturated carbocycles. The lowest BCUT2D eigenvalue weighted by molar-refractivity contribution is -0.135. The number of rotatable bonds is 16. The molecule has 2 atom stereocenters. The summed E-state index contributed by atoms with van der Waals surface area (Å²) in [5.41, 5.74) is 6.32. The molecule has 2 aromatic carbocycles. The maximum absolute atomic E-state index is 13.3. The number of anilines is 1. The molecule has 61 heavy (non-hydrogen) atoms. The lowest BCUT2D eigenvalue weighted by atomic mass is 9.93. The van der Waals surface area contributed by atoms with Crippen LogP contribution in [-0.2, 0) is 34.3 Å². The van der Waals surface area contributed by atoms with E-state index in [4.69, 9.17) is 9.72 Å². The number of aliphatic hydroxyl groups is 1. The number of nitrogens with zero attached hydrogens (tertiary/aromatic N) is 7. The van der Waals surface area contributed by atoms with E-state index in [0.717, 1.165) is 112 Å². The summed E-state index contributed by atoms with van der Waals surface area (Å²) >= 11 is 0. The van der Waals surface area contributed by atoms with Gasteiger partial charge in [0.1, 0.15) is 11.7 Å². The van der Waals surface area contributed by atoms with Crippen LogP contribution in [0.1, 0.15) is 81.5 Å². The second-order valence-electron chi connectivity index (χ2n) is 17.0. The highest BCUT2D eigenvalue weighted by Crippen LogP contribution is 2.37. The number of aliphatic hydroxyl groups excluding tert-OH is 1. The largest absolute Gasteiger partial charge is 0.393 e. The van der Waals surface area contributed by atoms with Crippen LogP contribution in [0.2, 0.25) is 0 Å². The van der Waals surface area contributed by atoms with E-state index in [1.807, 2.05) is 18.2 Å². The third kappa shape index (κ3) is 9.72. The molecule has 3 aliphatic rings. The Morgan fingerprint density at radius 3 is 2.38 bits per heavy atom. The maximum Gasteiger partial charge on any atom is 0.329 e. The van der Waals surface area contributed by atoms with Crippen LogP contribution < -0.4 is 16.3 Å². The average Bonchev–Trinajstić information content (AvgIpc) is 3.75. The van der Waals surface area contributed by atoms with Crippen LogP contribution >= 0.6 is 0 Å². The number of carbonyl (C=O) groups is 2. The number of fused-ring (bicyclic) bond motifs is 2. The van der Waals surface area contributed by atoms with Gasteiger partial charge in [0.15, 0.2) is 0 Å². The van der Waals surface area contributed by atoms with E-state index in [2.05, 4.69) is 60.4 Å². The summed E-state index contributed by atoms with van der Waals surface area (Å²) < 4.78 is 37.8. The maximum atomic E-state index is 13.3. The van der Waals surface area contributed by atoms with Gasteiger partial charge >= 0.3 is 5.69 Å². The molecule has 5 heterocycles. The van der Waals surface area contributed by atoms with Gasteiger partial charge in [-0.05, 0) is 87.1 Å². The fourth-order valence-electron chi connectivity index (χ4n) is 9.09. The van der Waals surface area contributed by atoms with Gasteiger partial charge in [0.2, 0.25) is 17.8 Å². The predicted molar refractivity (Wildman–Crippen MR) is 230 cm³/mol. The molecule has 1 aliphatic carbocycles. The molecule has 3 N–H and O–H groups in total. The number of imide groups is 1. The number of hydrogen-bond donors (Lipinski definition) is 3.